The number of nitrogen functional groups attached to an aromatic ring is 1. The summed E-state index contributed by atoms with van der Waals surface area (Å²) < 4.78 is 0. The van der Waals surface area contributed by atoms with Crippen LogP contribution in [-0.4, -0.2) is 9.97 Å². The van der Waals surface area contributed by atoms with Gasteiger partial charge in [0, 0.05) is 11.3 Å². The average molecular weight is 241 g/mol. The van der Waals surface area contributed by atoms with Gasteiger partial charge >= 0.3 is 0 Å². The molecule has 1 aromatic heterocycles. The Kier molecular flexibility index (Phi) is 3.92. The summed E-state index contributed by atoms with van der Waals surface area (Å²) in [5, 5.41) is 0. The second-order valence-electron chi connectivity index (χ2n) is 4.46. The molecule has 0 spiro atoms. The summed E-state index contributed by atoms with van der Waals surface area (Å²) in [5.74, 6) is 0.353. The van der Waals surface area contributed by atoms with Gasteiger partial charge in [-0.25, -0.2) is 9.97 Å². The summed E-state index contributed by atoms with van der Waals surface area (Å²) in [6.07, 6.45) is 3.32. The molecule has 2 aromatic rings. The Morgan fingerprint density at radius 1 is 1.11 bits per heavy atom. The van der Waals surface area contributed by atoms with Crippen LogP contribution in [0.25, 0.3) is 11.3 Å². The van der Waals surface area contributed by atoms with Crippen molar-refractivity contribution in [2.45, 2.75) is 33.1 Å². The van der Waals surface area contributed by atoms with E-state index in [-0.39, 0.29) is 0 Å². The van der Waals surface area contributed by atoms with Gasteiger partial charge < -0.3 is 5.73 Å². The minimum atomic E-state index is 0.353. The number of rotatable bonds is 4. The third-order valence-electron chi connectivity index (χ3n) is 3.06. The molecule has 0 atom stereocenters. The van der Waals surface area contributed by atoms with E-state index in [2.05, 4.69) is 29.0 Å². The lowest BCUT2D eigenvalue weighted by atomic mass is 10.00. The number of nitrogens with two attached hydrogens (primary N) is 1. The molecule has 0 amide bonds. The molecule has 0 unspecified atom stereocenters. The summed E-state index contributed by atoms with van der Waals surface area (Å²) >= 11 is 0. The maximum atomic E-state index is 5.77. The standard InChI is InChI=1S/C15H19N3/c1-3-4-10-13-11(2)17-15(16)18-14(13)12-8-6-5-7-9-12/h5-9H,3-4,10H2,1-2H3,(H2,16,17,18). The van der Waals surface area contributed by atoms with Crippen molar-refractivity contribution in [2.24, 2.45) is 0 Å². The van der Waals surface area contributed by atoms with Gasteiger partial charge in [0.05, 0.1) is 5.69 Å². The molecule has 1 heterocycles. The predicted molar refractivity (Wildman–Crippen MR) is 75.2 cm³/mol. The van der Waals surface area contributed by atoms with Crippen LogP contribution in [0, 0.1) is 6.92 Å². The topological polar surface area (TPSA) is 51.8 Å². The van der Waals surface area contributed by atoms with E-state index in [1.54, 1.807) is 0 Å². The number of aromatic nitrogens is 2. The first-order valence-corrected chi connectivity index (χ1v) is 6.40. The lowest BCUT2D eigenvalue weighted by Gasteiger charge is -2.12. The zero-order valence-corrected chi connectivity index (χ0v) is 11.0. The van der Waals surface area contributed by atoms with E-state index in [1.165, 1.54) is 5.56 Å². The Balaban J connectivity index is 2.50. The van der Waals surface area contributed by atoms with Crippen molar-refractivity contribution in [3.8, 4) is 11.3 Å². The molecule has 0 fully saturated rings. The average Bonchev–Trinajstić information content (AvgIpc) is 2.38. The molecule has 0 bridgehead atoms. The number of unbranched alkanes of at least 4 members (excludes halogenated alkanes) is 1. The Labute approximate surface area is 108 Å². The van der Waals surface area contributed by atoms with Gasteiger partial charge in [0.2, 0.25) is 5.95 Å². The minimum Gasteiger partial charge on any atom is -0.368 e. The maximum absolute atomic E-state index is 5.77. The first-order chi connectivity index (χ1) is 8.72. The number of hydrogen-bond donors (Lipinski definition) is 1. The third-order valence-corrected chi connectivity index (χ3v) is 3.06. The minimum absolute atomic E-state index is 0.353. The molecule has 1 aromatic carbocycles. The van der Waals surface area contributed by atoms with E-state index in [0.717, 1.165) is 36.2 Å². The summed E-state index contributed by atoms with van der Waals surface area (Å²) in [6, 6.07) is 10.2. The highest BCUT2D eigenvalue weighted by molar-refractivity contribution is 5.65. The number of aryl methyl sites for hydroxylation is 1. The Hall–Kier alpha value is -1.90. The van der Waals surface area contributed by atoms with E-state index >= 15 is 0 Å². The van der Waals surface area contributed by atoms with Gasteiger partial charge in [0.15, 0.2) is 0 Å². The molecule has 0 saturated heterocycles. The molecular formula is C15H19N3. The SMILES string of the molecule is CCCCc1c(C)nc(N)nc1-c1ccccc1. The molecule has 0 aliphatic rings. The molecule has 0 saturated carbocycles. The molecular weight excluding hydrogens is 222 g/mol. The Bertz CT molecular complexity index is 521. The van der Waals surface area contributed by atoms with Crippen molar-refractivity contribution >= 4 is 5.95 Å². The molecule has 3 heteroatoms. The van der Waals surface area contributed by atoms with Crippen LogP contribution >= 0.6 is 0 Å². The zero-order chi connectivity index (χ0) is 13.0. The maximum Gasteiger partial charge on any atom is 0.220 e. The fraction of sp³-hybridized carbons (Fsp3) is 0.333. The molecule has 2 N–H and O–H groups in total. The highest BCUT2D eigenvalue weighted by atomic mass is 15.0. The first kappa shape index (κ1) is 12.6. The van der Waals surface area contributed by atoms with Gasteiger partial charge in [-0.15, -0.1) is 0 Å². The van der Waals surface area contributed by atoms with Crippen molar-refractivity contribution in [1.29, 1.82) is 0 Å². The van der Waals surface area contributed by atoms with Crippen LogP contribution in [0.15, 0.2) is 30.3 Å². The molecule has 0 aliphatic heterocycles. The van der Waals surface area contributed by atoms with Crippen LogP contribution in [0.5, 0.6) is 0 Å². The van der Waals surface area contributed by atoms with Crippen LogP contribution < -0.4 is 5.73 Å². The van der Waals surface area contributed by atoms with Crippen molar-refractivity contribution in [3.63, 3.8) is 0 Å². The zero-order valence-electron chi connectivity index (χ0n) is 11.0. The van der Waals surface area contributed by atoms with Gasteiger partial charge in [0.25, 0.3) is 0 Å². The summed E-state index contributed by atoms with van der Waals surface area (Å²) in [4.78, 5) is 8.70. The highest BCUT2D eigenvalue weighted by Crippen LogP contribution is 2.25. The van der Waals surface area contributed by atoms with Gasteiger partial charge in [-0.3, -0.25) is 0 Å². The second-order valence-corrected chi connectivity index (χ2v) is 4.46. The first-order valence-electron chi connectivity index (χ1n) is 6.40. The Morgan fingerprint density at radius 2 is 1.83 bits per heavy atom. The van der Waals surface area contributed by atoms with E-state index < -0.39 is 0 Å². The summed E-state index contributed by atoms with van der Waals surface area (Å²) in [7, 11) is 0. The van der Waals surface area contributed by atoms with Crippen molar-refractivity contribution in [3.05, 3.63) is 41.6 Å². The van der Waals surface area contributed by atoms with E-state index in [0.29, 0.717) is 5.95 Å². The normalized spacial score (nSPS) is 10.6. The van der Waals surface area contributed by atoms with Crippen molar-refractivity contribution in [1.82, 2.24) is 9.97 Å². The van der Waals surface area contributed by atoms with E-state index in [9.17, 15) is 0 Å². The quantitative estimate of drug-likeness (QED) is 0.892. The number of benzene rings is 1. The molecule has 2 rings (SSSR count). The van der Waals surface area contributed by atoms with Crippen LogP contribution in [0.3, 0.4) is 0 Å². The largest absolute Gasteiger partial charge is 0.368 e. The van der Waals surface area contributed by atoms with Gasteiger partial charge in [0.1, 0.15) is 0 Å². The lowest BCUT2D eigenvalue weighted by molar-refractivity contribution is 0.784. The predicted octanol–water partition coefficient (Wildman–Crippen LogP) is 3.38. The lowest BCUT2D eigenvalue weighted by Crippen LogP contribution is -2.05. The molecule has 0 radical (unpaired) electrons. The van der Waals surface area contributed by atoms with Crippen molar-refractivity contribution in [2.75, 3.05) is 5.73 Å². The number of nitrogens with zero attached hydrogens (tertiary/aromatic N) is 2. The van der Waals surface area contributed by atoms with Crippen molar-refractivity contribution < 1.29 is 0 Å². The fourth-order valence-electron chi connectivity index (χ4n) is 2.11. The smallest absolute Gasteiger partial charge is 0.220 e. The Morgan fingerprint density at radius 3 is 2.50 bits per heavy atom. The molecule has 94 valence electrons. The van der Waals surface area contributed by atoms with Gasteiger partial charge in [-0.1, -0.05) is 43.7 Å². The summed E-state index contributed by atoms with van der Waals surface area (Å²) in [6.45, 7) is 4.20. The fourth-order valence-corrected chi connectivity index (χ4v) is 2.11. The van der Waals surface area contributed by atoms with Crippen LogP contribution in [-0.2, 0) is 6.42 Å². The summed E-state index contributed by atoms with van der Waals surface area (Å²) in [5.41, 5.74) is 10.1. The van der Waals surface area contributed by atoms with E-state index in [4.69, 9.17) is 5.73 Å². The molecule has 0 aliphatic carbocycles. The second kappa shape index (κ2) is 5.63. The third kappa shape index (κ3) is 2.67. The molecule has 3 nitrogen and oxygen atoms in total. The monoisotopic (exact) mass is 241 g/mol. The highest BCUT2D eigenvalue weighted by Gasteiger charge is 2.11. The van der Waals surface area contributed by atoms with Crippen LogP contribution in [0.2, 0.25) is 0 Å². The molecule has 18 heavy (non-hydrogen) atoms. The van der Waals surface area contributed by atoms with Crippen LogP contribution in [0.1, 0.15) is 31.0 Å². The number of hydrogen-bond acceptors (Lipinski definition) is 3. The van der Waals surface area contributed by atoms with E-state index in [1.807, 2.05) is 25.1 Å². The van der Waals surface area contributed by atoms with Gasteiger partial charge in [-0.05, 0) is 25.3 Å². The van der Waals surface area contributed by atoms with Crippen LogP contribution in [0.4, 0.5) is 5.95 Å². The number of anilines is 1. The van der Waals surface area contributed by atoms with Gasteiger partial charge in [-0.2, -0.15) is 0 Å².